The number of halogens is 1. The van der Waals surface area contributed by atoms with Gasteiger partial charge in [0.05, 0.1) is 23.6 Å². The number of nitrogens with zero attached hydrogens (tertiary/aromatic N) is 3. The summed E-state index contributed by atoms with van der Waals surface area (Å²) in [6, 6.07) is 18.7. The molecule has 0 aliphatic carbocycles. The van der Waals surface area contributed by atoms with Crippen molar-refractivity contribution in [3.05, 3.63) is 77.3 Å². The van der Waals surface area contributed by atoms with E-state index >= 15 is 0 Å². The van der Waals surface area contributed by atoms with E-state index in [-0.39, 0.29) is 5.91 Å². The van der Waals surface area contributed by atoms with Gasteiger partial charge < -0.3 is 14.4 Å². The molecule has 0 saturated carbocycles. The lowest BCUT2D eigenvalue weighted by Crippen LogP contribution is -2.46. The highest BCUT2D eigenvalue weighted by Gasteiger charge is 2.31. The Kier molecular flexibility index (Phi) is 5.98. The largest absolute Gasteiger partial charge is 0.492 e. The van der Waals surface area contributed by atoms with Crippen molar-refractivity contribution < 1.29 is 14.3 Å². The fraction of sp³-hybridized carbons (Fsp3) is 0.160. The van der Waals surface area contributed by atoms with Crippen molar-refractivity contribution in [1.82, 2.24) is 9.97 Å². The summed E-state index contributed by atoms with van der Waals surface area (Å²) in [7, 11) is 0. The van der Waals surface area contributed by atoms with Crippen molar-refractivity contribution in [2.75, 3.05) is 18.1 Å². The normalized spacial score (nSPS) is 15.2. The van der Waals surface area contributed by atoms with Crippen LogP contribution in [0.3, 0.4) is 0 Å². The van der Waals surface area contributed by atoms with E-state index in [4.69, 9.17) is 26.1 Å². The van der Waals surface area contributed by atoms with Crippen LogP contribution in [0.5, 0.6) is 11.5 Å². The van der Waals surface area contributed by atoms with E-state index < -0.39 is 6.10 Å². The molecular formula is C25H20ClN3O3S. The number of hydrogen-bond acceptors (Lipinski definition) is 6. The first kappa shape index (κ1) is 21.4. The van der Waals surface area contributed by atoms with Gasteiger partial charge in [0, 0.05) is 22.2 Å². The second-order valence-electron chi connectivity index (χ2n) is 7.49. The molecule has 1 aliphatic rings. The van der Waals surface area contributed by atoms with E-state index in [1.165, 1.54) is 11.3 Å². The molecule has 0 saturated heterocycles. The second kappa shape index (κ2) is 9.21. The van der Waals surface area contributed by atoms with Crippen molar-refractivity contribution in [1.29, 1.82) is 0 Å². The Labute approximate surface area is 200 Å². The fourth-order valence-electron chi connectivity index (χ4n) is 3.60. The third-order valence-electron chi connectivity index (χ3n) is 5.25. The molecule has 1 unspecified atom stereocenters. The monoisotopic (exact) mass is 477 g/mol. The first-order valence-electron chi connectivity index (χ1n) is 10.5. The van der Waals surface area contributed by atoms with Crippen molar-refractivity contribution in [3.63, 3.8) is 0 Å². The zero-order chi connectivity index (χ0) is 22.8. The van der Waals surface area contributed by atoms with Crippen LogP contribution in [0.2, 0.25) is 5.02 Å². The van der Waals surface area contributed by atoms with Crippen LogP contribution in [0.4, 0.5) is 5.69 Å². The Morgan fingerprint density at radius 1 is 1.12 bits per heavy atom. The molecule has 2 aromatic heterocycles. The van der Waals surface area contributed by atoms with E-state index in [0.29, 0.717) is 35.4 Å². The highest BCUT2D eigenvalue weighted by molar-refractivity contribution is 7.13. The molecule has 33 heavy (non-hydrogen) atoms. The summed E-state index contributed by atoms with van der Waals surface area (Å²) in [6.07, 6.45) is 1.19. The van der Waals surface area contributed by atoms with Crippen LogP contribution in [0, 0.1) is 0 Å². The molecule has 5 rings (SSSR count). The van der Waals surface area contributed by atoms with Crippen LogP contribution in [0.25, 0.3) is 22.0 Å². The fourth-order valence-corrected chi connectivity index (χ4v) is 4.53. The number of hydrogen-bond donors (Lipinski definition) is 0. The van der Waals surface area contributed by atoms with Crippen LogP contribution in [0.1, 0.15) is 6.92 Å². The number of carbonyl (C=O) groups is 1. The van der Waals surface area contributed by atoms with Gasteiger partial charge in [-0.15, -0.1) is 11.3 Å². The Morgan fingerprint density at radius 3 is 2.76 bits per heavy atom. The minimum atomic E-state index is -0.561. The Hall–Kier alpha value is -3.42. The topological polar surface area (TPSA) is 64.6 Å². The maximum atomic E-state index is 12.9. The van der Waals surface area contributed by atoms with Gasteiger partial charge in [-0.3, -0.25) is 9.78 Å². The van der Waals surface area contributed by atoms with Gasteiger partial charge in [-0.05, 0) is 61.5 Å². The minimum absolute atomic E-state index is 0.105. The molecule has 4 aromatic rings. The molecule has 0 spiro atoms. The summed E-state index contributed by atoms with van der Waals surface area (Å²) in [5, 5.41) is 3.49. The lowest BCUT2D eigenvalue weighted by Gasteiger charge is -2.33. The van der Waals surface area contributed by atoms with Crippen LogP contribution < -0.4 is 14.4 Å². The molecule has 0 N–H and O–H groups in total. The number of carbonyl (C=O) groups excluding carboxylic acids is 1. The van der Waals surface area contributed by atoms with E-state index in [2.05, 4.69) is 4.98 Å². The van der Waals surface area contributed by atoms with E-state index in [1.54, 1.807) is 42.3 Å². The molecular weight excluding hydrogens is 458 g/mol. The zero-order valence-corrected chi connectivity index (χ0v) is 19.3. The number of pyridine rings is 1. The molecule has 0 fully saturated rings. The Balaban J connectivity index is 1.39. The van der Waals surface area contributed by atoms with Gasteiger partial charge in [0.1, 0.15) is 23.1 Å². The summed E-state index contributed by atoms with van der Waals surface area (Å²) in [6.45, 7) is 2.48. The molecule has 6 nitrogen and oxygen atoms in total. The summed E-state index contributed by atoms with van der Waals surface area (Å²) in [5.74, 6) is 1.26. The smallest absolute Gasteiger partial charge is 0.267 e. The van der Waals surface area contributed by atoms with Crippen molar-refractivity contribution in [2.24, 2.45) is 0 Å². The van der Waals surface area contributed by atoms with Gasteiger partial charge in [0.15, 0.2) is 6.10 Å². The van der Waals surface area contributed by atoms with Crippen LogP contribution in [-0.4, -0.2) is 35.1 Å². The van der Waals surface area contributed by atoms with Crippen molar-refractivity contribution in [2.45, 2.75) is 13.0 Å². The zero-order valence-electron chi connectivity index (χ0n) is 17.8. The maximum Gasteiger partial charge on any atom is 0.267 e. The maximum absolute atomic E-state index is 12.9. The van der Waals surface area contributed by atoms with E-state index in [0.717, 1.165) is 22.0 Å². The van der Waals surface area contributed by atoms with Gasteiger partial charge in [-0.1, -0.05) is 17.7 Å². The summed E-state index contributed by atoms with van der Waals surface area (Å²) >= 11 is 7.46. The van der Waals surface area contributed by atoms with Crippen molar-refractivity contribution >= 4 is 34.5 Å². The average molecular weight is 478 g/mol. The first-order chi connectivity index (χ1) is 16.1. The lowest BCUT2D eigenvalue weighted by atomic mass is 10.1. The molecule has 1 aliphatic heterocycles. The van der Waals surface area contributed by atoms with Gasteiger partial charge >= 0.3 is 0 Å². The van der Waals surface area contributed by atoms with Gasteiger partial charge in [0.2, 0.25) is 0 Å². The molecule has 8 heteroatoms. The van der Waals surface area contributed by atoms with Gasteiger partial charge in [-0.25, -0.2) is 4.98 Å². The molecule has 1 atom stereocenters. The number of benzene rings is 2. The lowest BCUT2D eigenvalue weighted by molar-refractivity contribution is -0.125. The number of aromatic nitrogens is 2. The summed E-state index contributed by atoms with van der Waals surface area (Å²) in [5.41, 5.74) is 3.27. The Morgan fingerprint density at radius 2 is 1.97 bits per heavy atom. The highest BCUT2D eigenvalue weighted by Crippen LogP contribution is 2.38. The molecule has 0 radical (unpaired) electrons. The second-order valence-corrected chi connectivity index (χ2v) is 8.78. The van der Waals surface area contributed by atoms with Crippen LogP contribution in [-0.2, 0) is 4.79 Å². The summed E-state index contributed by atoms with van der Waals surface area (Å²) < 4.78 is 11.7. The van der Waals surface area contributed by atoms with Gasteiger partial charge in [-0.2, -0.15) is 0 Å². The SMILES string of the molecule is CC1Oc2ccc(-c3csc(-c4ccccn4)n3)cc2N(CCOc2ccc(Cl)cc2)C1=O. The number of ether oxygens (including phenoxy) is 2. The van der Waals surface area contributed by atoms with E-state index in [1.807, 2.05) is 41.8 Å². The van der Waals surface area contributed by atoms with Gasteiger partial charge in [0.25, 0.3) is 5.91 Å². The summed E-state index contributed by atoms with van der Waals surface area (Å²) in [4.78, 5) is 23.8. The molecule has 3 heterocycles. The molecule has 0 bridgehead atoms. The third-order valence-corrected chi connectivity index (χ3v) is 6.37. The number of fused-ring (bicyclic) bond motifs is 1. The number of thiazole rings is 1. The van der Waals surface area contributed by atoms with Crippen LogP contribution >= 0.6 is 22.9 Å². The minimum Gasteiger partial charge on any atom is -0.492 e. The van der Waals surface area contributed by atoms with Crippen LogP contribution in [0.15, 0.2) is 72.2 Å². The number of anilines is 1. The third kappa shape index (κ3) is 4.55. The molecule has 1 amide bonds. The highest BCUT2D eigenvalue weighted by atomic mass is 35.5. The standard InChI is InChI=1S/C25H20ClN3O3S/c1-16-25(30)29(12-13-31-19-8-6-18(26)7-9-19)22-14-17(5-10-23(22)32-16)21-15-33-24(28-21)20-4-2-3-11-27-20/h2-11,14-16H,12-13H2,1H3. The quantitative estimate of drug-likeness (QED) is 0.355. The predicted octanol–water partition coefficient (Wildman–Crippen LogP) is 5.72. The van der Waals surface area contributed by atoms with E-state index in [9.17, 15) is 4.79 Å². The van der Waals surface area contributed by atoms with Crippen molar-refractivity contribution in [3.8, 4) is 33.5 Å². The number of rotatable bonds is 6. The molecule has 166 valence electrons. The number of amides is 1. The molecule has 2 aromatic carbocycles. The predicted molar refractivity (Wildman–Crippen MR) is 130 cm³/mol. The average Bonchev–Trinajstić information content (AvgIpc) is 3.33. The first-order valence-corrected chi connectivity index (χ1v) is 11.7. The Bertz CT molecular complexity index is 1280.